The van der Waals surface area contributed by atoms with Gasteiger partial charge in [0.25, 0.3) is 0 Å². The van der Waals surface area contributed by atoms with Gasteiger partial charge in [0, 0.05) is 19.5 Å². The summed E-state index contributed by atoms with van der Waals surface area (Å²) >= 11 is 0. The van der Waals surface area contributed by atoms with Crippen molar-refractivity contribution in [1.82, 2.24) is 24.8 Å². The lowest BCUT2D eigenvalue weighted by atomic mass is 10.1. The van der Waals surface area contributed by atoms with E-state index in [9.17, 15) is 28.7 Å². The Balaban J connectivity index is 1.66. The largest absolute Gasteiger partial charge is 0.480 e. The molecule has 0 aliphatic heterocycles. The lowest BCUT2D eigenvalue weighted by Crippen LogP contribution is -2.40. The smallest absolute Gasteiger partial charge is 0.376 e. The second-order valence-electron chi connectivity index (χ2n) is 9.81. The average Bonchev–Trinajstić information content (AvgIpc) is 3.01. The summed E-state index contributed by atoms with van der Waals surface area (Å²) < 4.78 is 29.5. The molecular weight excluding hydrogens is 604 g/mol. The molecule has 0 radical (unpaired) electrons. The van der Waals surface area contributed by atoms with E-state index in [4.69, 9.17) is 9.51 Å². The number of rotatable bonds is 15. The van der Waals surface area contributed by atoms with Gasteiger partial charge in [0.1, 0.15) is 20.1 Å². The summed E-state index contributed by atoms with van der Waals surface area (Å²) in [6.45, 7) is 3.48. The number of aldehydes is 1. The van der Waals surface area contributed by atoms with E-state index in [1.165, 1.54) is 6.07 Å². The third kappa shape index (κ3) is 8.59. The first-order chi connectivity index (χ1) is 21.1. The number of aliphatic carboxylic acids is 1. The summed E-state index contributed by atoms with van der Waals surface area (Å²) in [4.78, 5) is 53.6. The highest BCUT2D eigenvalue weighted by atomic mass is 31.2. The van der Waals surface area contributed by atoms with E-state index in [-0.39, 0.29) is 38.0 Å². The molecule has 3 atom stereocenters. The minimum absolute atomic E-state index is 0.0409. The molecule has 0 bridgehead atoms. The Morgan fingerprint density at radius 3 is 1.95 bits per heavy atom. The molecular formula is C30H33N5O7P2. The fourth-order valence-corrected chi connectivity index (χ4v) is 6.14. The Kier molecular flexibility index (Phi) is 11.4. The van der Waals surface area contributed by atoms with Crippen LogP contribution in [-0.4, -0.2) is 66.4 Å². The van der Waals surface area contributed by atoms with Crippen LogP contribution >= 0.6 is 15.4 Å². The predicted octanol–water partition coefficient (Wildman–Crippen LogP) is 3.70. The molecule has 4 aromatic heterocycles. The van der Waals surface area contributed by atoms with Crippen LogP contribution < -0.4 is 10.9 Å². The number of carboxylic acids is 1. The Morgan fingerprint density at radius 2 is 1.43 bits per heavy atom. The zero-order valence-electron chi connectivity index (χ0n) is 24.2. The van der Waals surface area contributed by atoms with E-state index in [0.717, 1.165) is 0 Å². The number of carboxylic acid groups (broad SMARTS) is 1. The van der Waals surface area contributed by atoms with E-state index in [0.29, 0.717) is 45.9 Å². The van der Waals surface area contributed by atoms with Crippen molar-refractivity contribution in [3.8, 4) is 22.8 Å². The topological polar surface area (TPSA) is 173 Å². The molecule has 12 nitrogen and oxygen atoms in total. The van der Waals surface area contributed by atoms with Crippen LogP contribution in [-0.2, 0) is 36.3 Å². The lowest BCUT2D eigenvalue weighted by Gasteiger charge is -2.28. The Labute approximate surface area is 255 Å². The third-order valence-corrected chi connectivity index (χ3v) is 9.03. The van der Waals surface area contributed by atoms with Gasteiger partial charge in [0.05, 0.1) is 46.2 Å². The number of pyridine rings is 4. The number of hydrogen-bond acceptors (Lipinski definition) is 10. The summed E-state index contributed by atoms with van der Waals surface area (Å²) in [5, 5.41) is 10.1. The maximum Gasteiger partial charge on any atom is 0.376 e. The summed E-state index contributed by atoms with van der Waals surface area (Å²) in [5.41, 5.74) is 3.33. The van der Waals surface area contributed by atoms with Gasteiger partial charge in [0.15, 0.2) is 5.44 Å². The van der Waals surface area contributed by atoms with Gasteiger partial charge in [0.2, 0.25) is 0 Å². The van der Waals surface area contributed by atoms with Crippen LogP contribution in [0.15, 0.2) is 72.8 Å². The highest BCUT2D eigenvalue weighted by molar-refractivity contribution is 7.61. The van der Waals surface area contributed by atoms with Gasteiger partial charge in [-0.15, -0.1) is 0 Å². The van der Waals surface area contributed by atoms with Crippen molar-refractivity contribution in [3.05, 3.63) is 84.2 Å². The quantitative estimate of drug-likeness (QED) is 0.143. The molecule has 0 aliphatic carbocycles. The van der Waals surface area contributed by atoms with E-state index in [2.05, 4.69) is 15.0 Å². The van der Waals surface area contributed by atoms with Gasteiger partial charge in [-0.1, -0.05) is 24.3 Å². The van der Waals surface area contributed by atoms with Gasteiger partial charge in [-0.3, -0.25) is 14.3 Å². The Morgan fingerprint density at radius 1 is 0.909 bits per heavy atom. The Hall–Kier alpha value is -3.92. The van der Waals surface area contributed by atoms with Crippen LogP contribution in [0.4, 0.5) is 0 Å². The number of nitrogens with zero attached hydrogens (tertiary/aromatic N) is 5. The van der Waals surface area contributed by atoms with Crippen LogP contribution in [0, 0.1) is 0 Å². The minimum atomic E-state index is -4.10. The molecule has 2 N–H and O–H groups in total. The maximum atomic E-state index is 12.5. The lowest BCUT2D eigenvalue weighted by molar-refractivity contribution is -0.144. The number of aromatic nitrogens is 4. The molecule has 0 saturated carbocycles. The van der Waals surface area contributed by atoms with Gasteiger partial charge >= 0.3 is 13.6 Å². The highest BCUT2D eigenvalue weighted by Gasteiger charge is 2.27. The average molecular weight is 638 g/mol. The fourth-order valence-electron chi connectivity index (χ4n) is 4.54. The van der Waals surface area contributed by atoms with Gasteiger partial charge in [-0.05, 0) is 68.5 Å². The van der Waals surface area contributed by atoms with Crippen LogP contribution in [0.2, 0.25) is 0 Å². The van der Waals surface area contributed by atoms with Crippen molar-refractivity contribution in [3.63, 3.8) is 0 Å². The van der Waals surface area contributed by atoms with Gasteiger partial charge in [-0.2, -0.15) is 0 Å². The summed E-state index contributed by atoms with van der Waals surface area (Å²) in [5.74, 6) is -1.09. The van der Waals surface area contributed by atoms with Crippen molar-refractivity contribution < 1.29 is 33.2 Å². The van der Waals surface area contributed by atoms with Crippen LogP contribution in [0.3, 0.4) is 0 Å². The van der Waals surface area contributed by atoms with Gasteiger partial charge < -0.3 is 23.9 Å². The first-order valence-corrected chi connectivity index (χ1v) is 17.4. The molecule has 0 amide bonds. The zero-order chi connectivity index (χ0) is 31.7. The second kappa shape index (κ2) is 15.2. The van der Waals surface area contributed by atoms with E-state index in [1.807, 2.05) is 0 Å². The SMILES string of the molecule is CCOP(=O)(O)c1cccc(-c2cccc(CN(Cc3cccc(-c4cccc([PH](C)=O)n4)n3)C(CCC=O)C(=O)O)n2)n1. The van der Waals surface area contributed by atoms with E-state index < -0.39 is 27.4 Å². The molecule has 0 spiro atoms. The highest BCUT2D eigenvalue weighted by Crippen LogP contribution is 2.39. The maximum absolute atomic E-state index is 12.5. The molecule has 3 unspecified atom stereocenters. The molecule has 0 aromatic carbocycles. The standard InChI is InChI=1S/C30H33N5O7P2/c1-3-42-44(40,41)29-17-7-14-26(34-29)24-12-5-10-22(32-24)20-35(27(30(37)38)15-8-18-36)19-21-9-4-11-23(31-21)25-13-6-16-28(33-25)43(2)39/h4-7,9-14,16-18,27,43H,3,8,15,19-20H2,1-2H3,(H,37,38)(H,40,41). The van der Waals surface area contributed by atoms with Gasteiger partial charge in [-0.25, -0.2) is 19.9 Å². The van der Waals surface area contributed by atoms with Crippen molar-refractivity contribution in [2.75, 3.05) is 13.3 Å². The normalized spacial score (nSPS) is 14.1. The predicted molar refractivity (Wildman–Crippen MR) is 167 cm³/mol. The molecule has 230 valence electrons. The number of hydrogen-bond donors (Lipinski definition) is 2. The third-order valence-electron chi connectivity index (χ3n) is 6.59. The summed E-state index contributed by atoms with van der Waals surface area (Å²) in [6, 6.07) is 19.4. The van der Waals surface area contributed by atoms with Crippen molar-refractivity contribution >= 4 is 38.5 Å². The van der Waals surface area contributed by atoms with Crippen molar-refractivity contribution in [1.29, 1.82) is 0 Å². The monoisotopic (exact) mass is 637 g/mol. The molecule has 0 aliphatic rings. The van der Waals surface area contributed by atoms with Crippen molar-refractivity contribution in [2.24, 2.45) is 0 Å². The Bertz CT molecular complexity index is 1700. The van der Waals surface area contributed by atoms with E-state index in [1.54, 1.807) is 85.2 Å². The number of carbonyl (C=O) groups is 2. The van der Waals surface area contributed by atoms with E-state index >= 15 is 0 Å². The first-order valence-electron chi connectivity index (χ1n) is 13.9. The van der Waals surface area contributed by atoms with Crippen LogP contribution in [0.1, 0.15) is 31.2 Å². The molecule has 0 saturated heterocycles. The first kappa shape index (κ1) is 33.0. The number of carbonyl (C=O) groups excluding carboxylic acids is 1. The molecule has 44 heavy (non-hydrogen) atoms. The zero-order valence-corrected chi connectivity index (χ0v) is 26.1. The summed E-state index contributed by atoms with van der Waals surface area (Å²) in [6.07, 6.45) is 0.823. The minimum Gasteiger partial charge on any atom is -0.480 e. The molecule has 4 heterocycles. The molecule has 14 heteroatoms. The second-order valence-corrected chi connectivity index (χ2v) is 13.2. The molecule has 4 aromatic rings. The van der Waals surface area contributed by atoms with Crippen molar-refractivity contribution in [2.45, 2.75) is 38.9 Å². The fraction of sp³-hybridized carbons (Fsp3) is 0.267. The molecule has 0 fully saturated rings. The van der Waals surface area contributed by atoms with Crippen LogP contribution in [0.25, 0.3) is 22.8 Å². The van der Waals surface area contributed by atoms with Crippen LogP contribution in [0.5, 0.6) is 0 Å². The summed E-state index contributed by atoms with van der Waals surface area (Å²) in [7, 11) is -6.11. The molecule has 4 rings (SSSR count).